The molecule has 0 bridgehead atoms. The maximum atomic E-state index is 12.9. The van der Waals surface area contributed by atoms with Crippen molar-refractivity contribution in [3.05, 3.63) is 36.0 Å². The Morgan fingerprint density at radius 2 is 1.93 bits per heavy atom. The molecule has 0 aliphatic carbocycles. The quantitative estimate of drug-likeness (QED) is 0.796. The number of fused-ring (bicyclic) bond motifs is 3. The van der Waals surface area contributed by atoms with Crippen molar-refractivity contribution in [3.63, 3.8) is 0 Å². The number of hydrogen-bond acceptors (Lipinski definition) is 3. The highest BCUT2D eigenvalue weighted by molar-refractivity contribution is 6.03. The molecule has 1 atom stereocenters. The average Bonchev–Trinajstić information content (AvgIpc) is 3.02. The molecule has 2 aromatic rings. The van der Waals surface area contributed by atoms with Crippen LogP contribution in [0.25, 0.3) is 10.9 Å². The zero-order valence-electron chi connectivity index (χ0n) is 16.9. The van der Waals surface area contributed by atoms with E-state index in [1.807, 2.05) is 34.9 Å². The molecule has 0 unspecified atom stereocenters. The van der Waals surface area contributed by atoms with Gasteiger partial charge in [-0.05, 0) is 31.4 Å². The Kier molecular flexibility index (Phi) is 5.45. The van der Waals surface area contributed by atoms with Crippen LogP contribution in [0.1, 0.15) is 37.7 Å². The average molecular weight is 384 g/mol. The van der Waals surface area contributed by atoms with Crippen LogP contribution in [0.4, 0.5) is 0 Å². The summed E-state index contributed by atoms with van der Waals surface area (Å²) in [4.78, 5) is 39.3. The Morgan fingerprint density at radius 3 is 2.64 bits per heavy atom. The van der Waals surface area contributed by atoms with Crippen LogP contribution in [-0.2, 0) is 16.1 Å². The van der Waals surface area contributed by atoms with Gasteiger partial charge in [-0.1, -0.05) is 32.0 Å². The van der Waals surface area contributed by atoms with Crippen molar-refractivity contribution in [1.82, 2.24) is 20.1 Å². The number of nitrogens with zero attached hydrogens (tertiary/aromatic N) is 2. The summed E-state index contributed by atoms with van der Waals surface area (Å²) in [6.07, 6.45) is 0.887. The summed E-state index contributed by atoms with van der Waals surface area (Å²) < 4.78 is 1.89. The Bertz CT molecular complexity index is 918. The van der Waals surface area contributed by atoms with Gasteiger partial charge in [0.25, 0.3) is 5.91 Å². The molecule has 2 N–H and O–H groups in total. The van der Waals surface area contributed by atoms with E-state index in [0.29, 0.717) is 24.7 Å². The van der Waals surface area contributed by atoms with Crippen LogP contribution in [0.15, 0.2) is 30.3 Å². The van der Waals surface area contributed by atoms with Crippen molar-refractivity contribution >= 4 is 28.6 Å². The number of aromatic nitrogens is 1. The Balaban J connectivity index is 1.73. The Morgan fingerprint density at radius 1 is 1.21 bits per heavy atom. The van der Waals surface area contributed by atoms with E-state index >= 15 is 0 Å². The van der Waals surface area contributed by atoms with Crippen molar-refractivity contribution in [2.24, 2.45) is 5.92 Å². The van der Waals surface area contributed by atoms with Crippen LogP contribution in [0.5, 0.6) is 0 Å². The molecule has 0 saturated carbocycles. The number of amides is 3. The summed E-state index contributed by atoms with van der Waals surface area (Å²) in [6.45, 7) is 6.72. The zero-order chi connectivity index (χ0) is 20.5. The first kappa shape index (κ1) is 19.9. The monoisotopic (exact) mass is 384 g/mol. The minimum absolute atomic E-state index is 0.103. The van der Waals surface area contributed by atoms with Crippen LogP contribution >= 0.6 is 0 Å². The molecule has 0 spiro atoms. The molecule has 1 aromatic heterocycles. The molecule has 1 aromatic carbocycles. The standard InChI is InChI=1S/C21H28N4O3/c1-14(2)9-10-22-18(26)12-23-20(28)21(3)13-25-16-8-6-5-7-15(16)11-17(25)19(27)24(21)4/h5-8,11,14H,9-10,12-13H2,1-4H3,(H,22,26)(H,23,28)/t21-/m1/s1. The lowest BCUT2D eigenvalue weighted by atomic mass is 9.95. The number of carbonyl (C=O) groups excluding carboxylic acids is 3. The van der Waals surface area contributed by atoms with Crippen LogP contribution in [0, 0.1) is 5.92 Å². The number of hydrogen-bond donors (Lipinski definition) is 2. The number of rotatable bonds is 6. The highest BCUT2D eigenvalue weighted by Crippen LogP contribution is 2.31. The van der Waals surface area contributed by atoms with Crippen molar-refractivity contribution in [3.8, 4) is 0 Å². The fourth-order valence-corrected chi connectivity index (χ4v) is 3.51. The molecule has 0 saturated heterocycles. The lowest BCUT2D eigenvalue weighted by Gasteiger charge is -2.41. The van der Waals surface area contributed by atoms with Crippen LogP contribution in [0.3, 0.4) is 0 Å². The molecule has 2 heterocycles. The van der Waals surface area contributed by atoms with Crippen molar-refractivity contribution < 1.29 is 14.4 Å². The van der Waals surface area contributed by atoms with E-state index in [9.17, 15) is 14.4 Å². The third-order valence-electron chi connectivity index (χ3n) is 5.48. The fourth-order valence-electron chi connectivity index (χ4n) is 3.51. The number of benzene rings is 1. The summed E-state index contributed by atoms with van der Waals surface area (Å²) in [5, 5.41) is 6.46. The second-order valence-electron chi connectivity index (χ2n) is 8.03. The number of carbonyl (C=O) groups is 3. The number of para-hydroxylation sites is 1. The topological polar surface area (TPSA) is 83.4 Å². The van der Waals surface area contributed by atoms with Gasteiger partial charge in [0.1, 0.15) is 11.2 Å². The molecule has 7 nitrogen and oxygen atoms in total. The van der Waals surface area contributed by atoms with E-state index in [2.05, 4.69) is 24.5 Å². The summed E-state index contributed by atoms with van der Waals surface area (Å²) in [6, 6.07) is 9.59. The van der Waals surface area contributed by atoms with Gasteiger partial charge in [0.2, 0.25) is 11.8 Å². The van der Waals surface area contributed by atoms with Gasteiger partial charge in [-0.3, -0.25) is 14.4 Å². The molecule has 3 amide bonds. The van der Waals surface area contributed by atoms with E-state index < -0.39 is 5.54 Å². The minimum Gasteiger partial charge on any atom is -0.355 e. The van der Waals surface area contributed by atoms with Gasteiger partial charge in [0.15, 0.2) is 0 Å². The summed E-state index contributed by atoms with van der Waals surface area (Å²) >= 11 is 0. The third-order valence-corrected chi connectivity index (χ3v) is 5.48. The summed E-state index contributed by atoms with van der Waals surface area (Å²) in [7, 11) is 1.63. The predicted octanol–water partition coefficient (Wildman–Crippen LogP) is 1.76. The van der Waals surface area contributed by atoms with Crippen LogP contribution in [-0.4, -0.2) is 52.9 Å². The molecule has 150 valence electrons. The van der Waals surface area contributed by atoms with Crippen molar-refractivity contribution in [2.75, 3.05) is 20.1 Å². The van der Waals surface area contributed by atoms with Crippen molar-refractivity contribution in [1.29, 1.82) is 0 Å². The molecular weight excluding hydrogens is 356 g/mol. The number of nitrogens with one attached hydrogen (secondary N) is 2. The van der Waals surface area contributed by atoms with E-state index in [-0.39, 0.29) is 24.3 Å². The van der Waals surface area contributed by atoms with E-state index in [0.717, 1.165) is 17.3 Å². The molecule has 0 fully saturated rings. The van der Waals surface area contributed by atoms with E-state index in [1.165, 1.54) is 4.90 Å². The van der Waals surface area contributed by atoms with Gasteiger partial charge in [0.05, 0.1) is 13.1 Å². The first-order valence-corrected chi connectivity index (χ1v) is 9.65. The largest absolute Gasteiger partial charge is 0.355 e. The first-order valence-electron chi connectivity index (χ1n) is 9.65. The normalized spacial score (nSPS) is 19.0. The fraction of sp³-hybridized carbons (Fsp3) is 0.476. The Hall–Kier alpha value is -2.83. The predicted molar refractivity (Wildman–Crippen MR) is 108 cm³/mol. The first-order chi connectivity index (χ1) is 13.2. The highest BCUT2D eigenvalue weighted by atomic mass is 16.2. The molecule has 1 aliphatic rings. The van der Waals surface area contributed by atoms with Gasteiger partial charge in [-0.25, -0.2) is 0 Å². The maximum Gasteiger partial charge on any atom is 0.271 e. The second kappa shape index (κ2) is 7.66. The van der Waals surface area contributed by atoms with Gasteiger partial charge in [-0.2, -0.15) is 0 Å². The minimum atomic E-state index is -1.08. The molecule has 28 heavy (non-hydrogen) atoms. The molecule has 7 heteroatoms. The molecule has 0 radical (unpaired) electrons. The van der Waals surface area contributed by atoms with Crippen LogP contribution in [0.2, 0.25) is 0 Å². The van der Waals surface area contributed by atoms with Gasteiger partial charge >= 0.3 is 0 Å². The lowest BCUT2D eigenvalue weighted by molar-refractivity contribution is -0.134. The number of likely N-dealkylation sites (N-methyl/N-ethyl adjacent to an activating group) is 1. The molecule has 3 rings (SSSR count). The lowest BCUT2D eigenvalue weighted by Crippen LogP contribution is -2.63. The SMILES string of the molecule is CC(C)CCNC(=O)CNC(=O)[C@@]1(C)Cn2c(cc3ccccc32)C(=O)N1C. The van der Waals surface area contributed by atoms with E-state index in [1.54, 1.807) is 14.0 Å². The third kappa shape index (κ3) is 3.61. The maximum absolute atomic E-state index is 12.9. The second-order valence-corrected chi connectivity index (χ2v) is 8.03. The molecular formula is C21H28N4O3. The molecule has 1 aliphatic heterocycles. The van der Waals surface area contributed by atoms with Gasteiger partial charge < -0.3 is 20.1 Å². The van der Waals surface area contributed by atoms with Crippen LogP contribution < -0.4 is 10.6 Å². The van der Waals surface area contributed by atoms with Crippen molar-refractivity contribution in [2.45, 2.75) is 39.3 Å². The highest BCUT2D eigenvalue weighted by Gasteiger charge is 2.45. The van der Waals surface area contributed by atoms with Gasteiger partial charge in [-0.15, -0.1) is 0 Å². The smallest absolute Gasteiger partial charge is 0.271 e. The summed E-state index contributed by atoms with van der Waals surface area (Å²) in [5.74, 6) is -0.275. The van der Waals surface area contributed by atoms with E-state index in [4.69, 9.17) is 0 Å². The van der Waals surface area contributed by atoms with Gasteiger partial charge in [0, 0.05) is 24.5 Å². The zero-order valence-corrected chi connectivity index (χ0v) is 16.9. The Labute approximate surface area is 165 Å². The summed E-state index contributed by atoms with van der Waals surface area (Å²) in [5.41, 5.74) is 0.411.